The molecule has 0 heterocycles. The number of aromatic hydroxyl groups is 1. The Balaban J connectivity index is 2.33. The third-order valence-corrected chi connectivity index (χ3v) is 3.20. The lowest BCUT2D eigenvalue weighted by molar-refractivity contribution is 0.263. The van der Waals surface area contributed by atoms with Gasteiger partial charge in [-0.3, -0.25) is 0 Å². The Kier molecular flexibility index (Phi) is 3.57. The van der Waals surface area contributed by atoms with E-state index in [2.05, 4.69) is 0 Å². The molecule has 2 atom stereocenters. The van der Waals surface area contributed by atoms with E-state index in [0.717, 1.165) is 16.7 Å². The molecule has 2 rings (SSSR count). The molecule has 0 amide bonds. The van der Waals surface area contributed by atoms with Crippen LogP contribution in [0.25, 0.3) is 0 Å². The number of aryl methyl sites for hydroxylation is 1. The number of phenols is 1. The van der Waals surface area contributed by atoms with Crippen molar-refractivity contribution in [2.24, 2.45) is 0 Å². The Bertz CT molecular complexity index is 552. The largest absolute Gasteiger partial charge is 0.508 e. The molecular weight excluding hydrogens is 224 g/mol. The summed E-state index contributed by atoms with van der Waals surface area (Å²) in [5.41, 5.74) is 2.75. The van der Waals surface area contributed by atoms with Crippen LogP contribution in [0.2, 0.25) is 0 Å². The van der Waals surface area contributed by atoms with Crippen LogP contribution in [0.1, 0.15) is 24.0 Å². The molecule has 2 unspecified atom stereocenters. The molecule has 2 aromatic carbocycles. The van der Waals surface area contributed by atoms with E-state index in [4.69, 9.17) is 1.37 Å². The van der Waals surface area contributed by atoms with Crippen LogP contribution in [0.4, 0.5) is 0 Å². The minimum absolute atomic E-state index is 0.210. The Labute approximate surface area is 109 Å². The molecule has 18 heavy (non-hydrogen) atoms. The van der Waals surface area contributed by atoms with E-state index in [1.54, 1.807) is 12.1 Å². The van der Waals surface area contributed by atoms with E-state index < -0.39 is 6.58 Å². The van der Waals surface area contributed by atoms with Crippen LogP contribution >= 0.6 is 0 Å². The predicted molar refractivity (Wildman–Crippen MR) is 72.8 cm³/mol. The first kappa shape index (κ1) is 11.3. The second kappa shape index (κ2) is 5.69. The molecule has 2 N–H and O–H groups in total. The zero-order chi connectivity index (χ0) is 13.8. The molecule has 0 aromatic heterocycles. The zero-order valence-corrected chi connectivity index (χ0v) is 10.4. The normalized spacial score (nSPS) is 14.9. The highest BCUT2D eigenvalue weighted by molar-refractivity contribution is 5.36. The van der Waals surface area contributed by atoms with Crippen LogP contribution in [0, 0.1) is 6.92 Å². The minimum Gasteiger partial charge on any atom is -0.508 e. The number of aliphatic hydroxyl groups is 1. The molecule has 94 valence electrons. The van der Waals surface area contributed by atoms with Gasteiger partial charge in [0, 0.05) is 5.92 Å². The predicted octanol–water partition coefficient (Wildman–Crippen LogP) is 3.02. The lowest BCUT2D eigenvalue weighted by Crippen LogP contribution is -2.09. The summed E-state index contributed by atoms with van der Waals surface area (Å²) in [6, 6.07) is 14.8. The van der Waals surface area contributed by atoms with E-state index in [9.17, 15) is 10.2 Å². The maximum atomic E-state index is 9.81. The molecule has 0 spiro atoms. The maximum Gasteiger partial charge on any atom is 0.118 e. The number of rotatable bonds is 4. The number of hydrogen-bond acceptors (Lipinski definition) is 2. The van der Waals surface area contributed by atoms with Crippen molar-refractivity contribution in [3.63, 3.8) is 0 Å². The fraction of sp³-hybridized carbons (Fsp3) is 0.250. The third kappa shape index (κ3) is 2.71. The van der Waals surface area contributed by atoms with Crippen molar-refractivity contribution in [3.05, 3.63) is 65.2 Å². The molecule has 0 aliphatic rings. The van der Waals surface area contributed by atoms with Crippen LogP contribution in [0.3, 0.4) is 0 Å². The molecule has 0 saturated heterocycles. The number of aliphatic hydroxyl groups excluding tert-OH is 1. The summed E-state index contributed by atoms with van der Waals surface area (Å²) in [5.74, 6) is -0.128. The summed E-state index contributed by atoms with van der Waals surface area (Å²) in [4.78, 5) is 0. The Morgan fingerprint density at radius 1 is 1.11 bits per heavy atom. The van der Waals surface area contributed by atoms with Crippen LogP contribution in [0.15, 0.2) is 48.5 Å². The van der Waals surface area contributed by atoms with Gasteiger partial charge >= 0.3 is 0 Å². The number of phenolic OH excluding ortho intramolecular Hbond substituents is 1. The molecule has 0 aliphatic carbocycles. The Morgan fingerprint density at radius 3 is 2.44 bits per heavy atom. The lowest BCUT2D eigenvalue weighted by Gasteiger charge is -2.17. The summed E-state index contributed by atoms with van der Waals surface area (Å²) in [7, 11) is 0. The van der Waals surface area contributed by atoms with Gasteiger partial charge in [-0.05, 0) is 36.1 Å². The van der Waals surface area contributed by atoms with Crippen molar-refractivity contribution in [1.29, 1.82) is 0 Å². The molecule has 2 nitrogen and oxygen atoms in total. The molecule has 0 radical (unpaired) electrons. The van der Waals surface area contributed by atoms with E-state index in [0.29, 0.717) is 6.42 Å². The van der Waals surface area contributed by atoms with E-state index in [-0.39, 0.29) is 11.7 Å². The summed E-state index contributed by atoms with van der Waals surface area (Å²) in [5, 5.41) is 19.5. The number of hydrogen-bond donors (Lipinski definition) is 2. The number of para-hydroxylation sites is 1. The molecule has 0 saturated carbocycles. The maximum absolute atomic E-state index is 9.81. The van der Waals surface area contributed by atoms with E-state index in [1.807, 2.05) is 43.3 Å². The highest BCUT2D eigenvalue weighted by Crippen LogP contribution is 2.27. The molecule has 0 aliphatic heterocycles. The van der Waals surface area contributed by atoms with Crippen LogP contribution in [-0.2, 0) is 6.42 Å². The van der Waals surface area contributed by atoms with Gasteiger partial charge in [0.2, 0.25) is 0 Å². The smallest absolute Gasteiger partial charge is 0.118 e. The van der Waals surface area contributed by atoms with Crippen LogP contribution in [0.5, 0.6) is 5.75 Å². The quantitative estimate of drug-likeness (QED) is 0.868. The first-order chi connectivity index (χ1) is 9.09. The fourth-order valence-corrected chi connectivity index (χ4v) is 2.17. The van der Waals surface area contributed by atoms with E-state index in [1.165, 1.54) is 0 Å². The van der Waals surface area contributed by atoms with Gasteiger partial charge in [-0.25, -0.2) is 0 Å². The SMILES string of the molecule is [3H]C(O)C(Cc1ccccc1O)c1ccccc1C. The Hall–Kier alpha value is -1.80. The zero-order valence-electron chi connectivity index (χ0n) is 11.4. The summed E-state index contributed by atoms with van der Waals surface area (Å²) >= 11 is 0. The molecule has 2 heteroatoms. The highest BCUT2D eigenvalue weighted by Gasteiger charge is 2.14. The van der Waals surface area contributed by atoms with Gasteiger partial charge in [0.15, 0.2) is 0 Å². The molecule has 2 aromatic rings. The van der Waals surface area contributed by atoms with E-state index >= 15 is 0 Å². The Morgan fingerprint density at radius 2 is 1.78 bits per heavy atom. The highest BCUT2D eigenvalue weighted by atomic mass is 16.3. The molecular formula is C16H18O2. The molecule has 0 fully saturated rings. The van der Waals surface area contributed by atoms with Crippen LogP contribution in [-0.4, -0.2) is 16.8 Å². The van der Waals surface area contributed by atoms with Gasteiger partial charge < -0.3 is 10.2 Å². The fourth-order valence-electron chi connectivity index (χ4n) is 2.17. The standard InChI is InChI=1S/C16H18O2/c1-12-6-2-4-8-15(12)14(11-17)10-13-7-3-5-9-16(13)18/h2-9,14,17-18H,10-11H2,1H3/i11T. The van der Waals surface area contributed by atoms with Gasteiger partial charge in [-0.1, -0.05) is 42.5 Å². The van der Waals surface area contributed by atoms with Crippen molar-refractivity contribution >= 4 is 0 Å². The lowest BCUT2D eigenvalue weighted by atomic mass is 9.89. The van der Waals surface area contributed by atoms with Crippen molar-refractivity contribution in [2.75, 3.05) is 6.58 Å². The minimum atomic E-state index is -1.21. The first-order valence-corrected chi connectivity index (χ1v) is 6.02. The van der Waals surface area contributed by atoms with Gasteiger partial charge in [0.25, 0.3) is 0 Å². The first-order valence-electron chi connectivity index (χ1n) is 6.60. The monoisotopic (exact) mass is 244 g/mol. The topological polar surface area (TPSA) is 40.5 Å². The second-order valence-corrected chi connectivity index (χ2v) is 4.44. The van der Waals surface area contributed by atoms with Crippen molar-refractivity contribution in [2.45, 2.75) is 19.3 Å². The summed E-state index contributed by atoms with van der Waals surface area (Å²) in [6.45, 7) is 0.760. The van der Waals surface area contributed by atoms with Gasteiger partial charge in [-0.15, -0.1) is 0 Å². The van der Waals surface area contributed by atoms with Gasteiger partial charge in [0.1, 0.15) is 5.75 Å². The van der Waals surface area contributed by atoms with Crippen LogP contribution < -0.4 is 0 Å². The van der Waals surface area contributed by atoms with Crippen molar-refractivity contribution < 1.29 is 11.6 Å². The third-order valence-electron chi connectivity index (χ3n) is 3.20. The van der Waals surface area contributed by atoms with Crippen molar-refractivity contribution in [3.8, 4) is 5.75 Å². The summed E-state index contributed by atoms with van der Waals surface area (Å²) in [6.07, 6.45) is 0.447. The summed E-state index contributed by atoms with van der Waals surface area (Å²) < 4.78 is 7.66. The number of benzene rings is 2. The van der Waals surface area contributed by atoms with Gasteiger partial charge in [0.05, 0.1) is 7.95 Å². The second-order valence-electron chi connectivity index (χ2n) is 4.44. The average molecular weight is 244 g/mol. The molecule has 0 bridgehead atoms. The average Bonchev–Trinajstić information content (AvgIpc) is 2.38. The van der Waals surface area contributed by atoms with Gasteiger partial charge in [-0.2, -0.15) is 0 Å². The van der Waals surface area contributed by atoms with Crippen molar-refractivity contribution in [1.82, 2.24) is 0 Å².